The lowest BCUT2D eigenvalue weighted by Gasteiger charge is -2.18. The number of nitrogens with zero attached hydrogens (tertiary/aromatic N) is 1. The molecule has 4 rings (SSSR count). The van der Waals surface area contributed by atoms with Crippen LogP contribution in [0.1, 0.15) is 37.5 Å². The Labute approximate surface area is 200 Å². The Balaban J connectivity index is 1.66. The van der Waals surface area contributed by atoms with E-state index < -0.39 is 0 Å². The zero-order chi connectivity index (χ0) is 24.5. The number of hydrogen-bond donors (Lipinski definition) is 3. The van der Waals surface area contributed by atoms with Gasteiger partial charge in [0.2, 0.25) is 5.91 Å². The summed E-state index contributed by atoms with van der Waals surface area (Å²) in [7, 11) is 0. The van der Waals surface area contributed by atoms with Crippen molar-refractivity contribution in [1.82, 2.24) is 9.88 Å². The summed E-state index contributed by atoms with van der Waals surface area (Å²) in [5.41, 5.74) is 5.93. The predicted octanol–water partition coefficient (Wildman–Crippen LogP) is 6.00. The van der Waals surface area contributed by atoms with E-state index in [9.17, 15) is 15.0 Å². The van der Waals surface area contributed by atoms with Crippen molar-refractivity contribution in [2.24, 2.45) is 0 Å². The second-order valence-corrected chi connectivity index (χ2v) is 9.62. The topological polar surface area (TPSA) is 74.5 Å². The molecule has 0 saturated carbocycles. The molecule has 4 aromatic rings. The zero-order valence-corrected chi connectivity index (χ0v) is 20.0. The maximum Gasteiger partial charge on any atom is 0.244 e. The van der Waals surface area contributed by atoms with Gasteiger partial charge in [0.25, 0.3) is 0 Å². The van der Waals surface area contributed by atoms with Gasteiger partial charge in [-0.1, -0.05) is 24.3 Å². The minimum Gasteiger partial charge on any atom is -0.508 e. The van der Waals surface area contributed by atoms with Gasteiger partial charge in [0, 0.05) is 29.1 Å². The quantitative estimate of drug-likeness (QED) is 0.324. The van der Waals surface area contributed by atoms with Crippen molar-refractivity contribution in [2.45, 2.75) is 39.8 Å². The standard InChI is InChI=1S/C29H30N2O3/c1-19-25-17-24(33)14-15-26(25)31(28(19)22-10-12-23(32)13-11-22)18-21-7-5-20(6-8-21)9-16-27(34)30-29(2,3)4/h5-17,32-33H,18H2,1-4H3,(H,30,34). The number of nitrogens with one attached hydrogen (secondary N) is 1. The van der Waals surface area contributed by atoms with Crippen LogP contribution in [0.3, 0.4) is 0 Å². The molecule has 0 saturated heterocycles. The number of carbonyl (C=O) groups excluding carboxylic acids is 1. The van der Waals surface area contributed by atoms with E-state index in [1.165, 1.54) is 0 Å². The summed E-state index contributed by atoms with van der Waals surface area (Å²) in [4.78, 5) is 12.0. The van der Waals surface area contributed by atoms with Crippen LogP contribution in [-0.2, 0) is 11.3 Å². The van der Waals surface area contributed by atoms with Crippen LogP contribution in [0.25, 0.3) is 28.2 Å². The van der Waals surface area contributed by atoms with Crippen molar-refractivity contribution in [3.05, 3.63) is 89.5 Å². The first-order chi connectivity index (χ1) is 16.1. The van der Waals surface area contributed by atoms with Gasteiger partial charge in [-0.05, 0) is 98.5 Å². The minimum atomic E-state index is -0.269. The SMILES string of the molecule is Cc1c(-c2ccc(O)cc2)n(Cc2ccc(C=CC(=O)NC(C)(C)C)cc2)c2ccc(O)cc12. The summed E-state index contributed by atoms with van der Waals surface area (Å²) in [5.74, 6) is 0.339. The van der Waals surface area contributed by atoms with E-state index in [0.29, 0.717) is 6.54 Å². The highest BCUT2D eigenvalue weighted by molar-refractivity contribution is 5.93. The Morgan fingerprint density at radius 1 is 0.941 bits per heavy atom. The van der Waals surface area contributed by atoms with Crippen molar-refractivity contribution in [2.75, 3.05) is 0 Å². The maximum atomic E-state index is 12.0. The third kappa shape index (κ3) is 5.15. The second kappa shape index (κ2) is 9.10. The van der Waals surface area contributed by atoms with Gasteiger partial charge >= 0.3 is 0 Å². The van der Waals surface area contributed by atoms with Crippen molar-refractivity contribution >= 4 is 22.9 Å². The average molecular weight is 455 g/mol. The van der Waals surface area contributed by atoms with Crippen molar-refractivity contribution in [1.29, 1.82) is 0 Å². The van der Waals surface area contributed by atoms with Gasteiger partial charge in [-0.15, -0.1) is 0 Å². The Bertz CT molecular complexity index is 1360. The number of rotatable bonds is 5. The second-order valence-electron chi connectivity index (χ2n) is 9.62. The molecule has 3 N–H and O–H groups in total. The molecule has 3 aromatic carbocycles. The van der Waals surface area contributed by atoms with Gasteiger partial charge < -0.3 is 20.1 Å². The van der Waals surface area contributed by atoms with Gasteiger partial charge in [-0.2, -0.15) is 0 Å². The number of hydrogen-bond acceptors (Lipinski definition) is 3. The predicted molar refractivity (Wildman–Crippen MR) is 138 cm³/mol. The monoisotopic (exact) mass is 454 g/mol. The van der Waals surface area contributed by atoms with E-state index in [1.54, 1.807) is 30.3 Å². The lowest BCUT2D eigenvalue weighted by molar-refractivity contribution is -0.117. The fraction of sp³-hybridized carbons (Fsp3) is 0.207. The number of benzene rings is 3. The van der Waals surface area contributed by atoms with E-state index in [4.69, 9.17) is 0 Å². The molecule has 5 heteroatoms. The van der Waals surface area contributed by atoms with Crippen LogP contribution in [0, 0.1) is 6.92 Å². The summed E-state index contributed by atoms with van der Waals surface area (Å²) in [5, 5.41) is 23.7. The van der Waals surface area contributed by atoms with Crippen LogP contribution in [0.4, 0.5) is 0 Å². The fourth-order valence-corrected chi connectivity index (χ4v) is 4.17. The normalized spacial score (nSPS) is 11.9. The number of phenols is 2. The summed E-state index contributed by atoms with van der Waals surface area (Å²) >= 11 is 0. The highest BCUT2D eigenvalue weighted by atomic mass is 16.3. The molecule has 0 atom stereocenters. The summed E-state index contributed by atoms with van der Waals surface area (Å²) in [6.45, 7) is 8.55. The molecule has 0 aliphatic carbocycles. The molecule has 0 radical (unpaired) electrons. The molecule has 0 spiro atoms. The van der Waals surface area contributed by atoms with Crippen molar-refractivity contribution in [3.8, 4) is 22.8 Å². The van der Waals surface area contributed by atoms with Gasteiger partial charge in [-0.3, -0.25) is 4.79 Å². The fourth-order valence-electron chi connectivity index (χ4n) is 4.17. The third-order valence-electron chi connectivity index (χ3n) is 5.69. The molecule has 0 unspecified atom stereocenters. The van der Waals surface area contributed by atoms with E-state index in [2.05, 4.69) is 28.9 Å². The van der Waals surface area contributed by atoms with Crippen molar-refractivity contribution in [3.63, 3.8) is 0 Å². The Hall–Kier alpha value is -3.99. The summed E-state index contributed by atoms with van der Waals surface area (Å²) in [6.07, 6.45) is 3.36. The molecule has 0 bridgehead atoms. The molecule has 1 heterocycles. The first-order valence-electron chi connectivity index (χ1n) is 11.3. The number of phenolic OH excluding ortho intramolecular Hbond substituents is 2. The largest absolute Gasteiger partial charge is 0.508 e. The number of amides is 1. The van der Waals surface area contributed by atoms with Crippen LogP contribution in [0.2, 0.25) is 0 Å². The van der Waals surface area contributed by atoms with Gasteiger partial charge in [-0.25, -0.2) is 0 Å². The highest BCUT2D eigenvalue weighted by Gasteiger charge is 2.17. The first kappa shape index (κ1) is 23.2. The lowest BCUT2D eigenvalue weighted by atomic mass is 10.1. The summed E-state index contributed by atoms with van der Waals surface area (Å²) in [6, 6.07) is 20.7. The van der Waals surface area contributed by atoms with E-state index in [-0.39, 0.29) is 22.9 Å². The van der Waals surface area contributed by atoms with Crippen molar-refractivity contribution < 1.29 is 15.0 Å². The van der Waals surface area contributed by atoms with Crippen LogP contribution in [0.5, 0.6) is 11.5 Å². The molecule has 0 fully saturated rings. The van der Waals surface area contributed by atoms with Gasteiger partial charge in [0.1, 0.15) is 11.5 Å². The Morgan fingerprint density at radius 2 is 1.59 bits per heavy atom. The van der Waals surface area contributed by atoms with Crippen LogP contribution >= 0.6 is 0 Å². The minimum absolute atomic E-state index is 0.118. The smallest absolute Gasteiger partial charge is 0.244 e. The molecular formula is C29H30N2O3. The third-order valence-corrected chi connectivity index (χ3v) is 5.69. The Kier molecular flexibility index (Phi) is 6.20. The van der Waals surface area contributed by atoms with Gasteiger partial charge in [0.15, 0.2) is 0 Å². The van der Waals surface area contributed by atoms with E-state index in [1.807, 2.05) is 57.2 Å². The highest BCUT2D eigenvalue weighted by Crippen LogP contribution is 2.36. The van der Waals surface area contributed by atoms with Crippen LogP contribution < -0.4 is 5.32 Å². The number of aromatic nitrogens is 1. The summed E-state index contributed by atoms with van der Waals surface area (Å²) < 4.78 is 2.23. The van der Waals surface area contributed by atoms with Gasteiger partial charge in [0.05, 0.1) is 5.69 Å². The molecule has 0 aliphatic heterocycles. The first-order valence-corrected chi connectivity index (χ1v) is 11.3. The molecule has 1 amide bonds. The molecule has 0 aliphatic rings. The number of aryl methyl sites for hydroxylation is 1. The van der Waals surface area contributed by atoms with E-state index in [0.717, 1.165) is 38.9 Å². The molecule has 5 nitrogen and oxygen atoms in total. The molecule has 1 aromatic heterocycles. The Morgan fingerprint density at radius 3 is 2.24 bits per heavy atom. The average Bonchev–Trinajstić information content (AvgIpc) is 3.03. The molecule has 34 heavy (non-hydrogen) atoms. The molecular weight excluding hydrogens is 424 g/mol. The lowest BCUT2D eigenvalue weighted by Crippen LogP contribution is -2.39. The van der Waals surface area contributed by atoms with Crippen LogP contribution in [0.15, 0.2) is 72.8 Å². The van der Waals surface area contributed by atoms with E-state index >= 15 is 0 Å². The zero-order valence-electron chi connectivity index (χ0n) is 20.0. The maximum absolute atomic E-state index is 12.0. The number of carbonyl (C=O) groups is 1. The molecule has 174 valence electrons. The number of fused-ring (bicyclic) bond motifs is 1. The van der Waals surface area contributed by atoms with Crippen LogP contribution in [-0.4, -0.2) is 26.2 Å². The number of aromatic hydroxyl groups is 2.